The van der Waals surface area contributed by atoms with Crippen molar-refractivity contribution in [2.45, 2.75) is 44.4 Å². The van der Waals surface area contributed by atoms with E-state index < -0.39 is 0 Å². The lowest BCUT2D eigenvalue weighted by atomic mass is 9.71. The normalized spacial score (nSPS) is 21.6. The van der Waals surface area contributed by atoms with Crippen LogP contribution in [0.1, 0.15) is 54.8 Å². The van der Waals surface area contributed by atoms with Gasteiger partial charge in [-0.3, -0.25) is 9.97 Å². The fraction of sp³-hybridized carbons (Fsp3) is 0.379. The molecule has 1 saturated heterocycles. The Hall–Kier alpha value is -2.78. The van der Waals surface area contributed by atoms with Crippen LogP contribution in [0, 0.1) is 5.92 Å². The zero-order valence-electron chi connectivity index (χ0n) is 18.7. The first-order chi connectivity index (χ1) is 15.9. The Morgan fingerprint density at radius 3 is 2.59 bits per heavy atom. The van der Waals surface area contributed by atoms with Gasteiger partial charge >= 0.3 is 0 Å². The lowest BCUT2D eigenvalue weighted by molar-refractivity contribution is 0.204. The molecule has 0 saturated carbocycles. The molecular formula is C29H31N3. The van der Waals surface area contributed by atoms with E-state index in [-0.39, 0.29) is 0 Å². The number of rotatable bonds is 4. The third-order valence-corrected chi connectivity index (χ3v) is 7.81. The van der Waals surface area contributed by atoms with Gasteiger partial charge in [0.15, 0.2) is 0 Å². The summed E-state index contributed by atoms with van der Waals surface area (Å²) in [6.07, 6.45) is 13.4. The van der Waals surface area contributed by atoms with E-state index in [0.717, 1.165) is 12.1 Å². The SMILES string of the molecule is c1ccc2c(c1)ccc1c3c(ccc12)C(c1cnccn1)C(CCN1CCCCC1)CC3. The van der Waals surface area contributed by atoms with E-state index in [4.69, 9.17) is 4.98 Å². The van der Waals surface area contributed by atoms with Crippen molar-refractivity contribution in [3.63, 3.8) is 0 Å². The zero-order valence-corrected chi connectivity index (χ0v) is 18.7. The molecule has 0 amide bonds. The van der Waals surface area contributed by atoms with Gasteiger partial charge in [-0.2, -0.15) is 0 Å². The van der Waals surface area contributed by atoms with Crippen LogP contribution < -0.4 is 0 Å². The van der Waals surface area contributed by atoms with Crippen molar-refractivity contribution in [1.82, 2.24) is 14.9 Å². The number of aromatic nitrogens is 2. The molecular weight excluding hydrogens is 390 g/mol. The molecule has 0 spiro atoms. The summed E-state index contributed by atoms with van der Waals surface area (Å²) in [4.78, 5) is 11.9. The van der Waals surface area contributed by atoms with Crippen LogP contribution in [0.4, 0.5) is 0 Å². The highest BCUT2D eigenvalue weighted by Crippen LogP contribution is 2.44. The summed E-state index contributed by atoms with van der Waals surface area (Å²) in [6, 6.07) is 18.1. The smallest absolute Gasteiger partial charge is 0.0664 e. The second-order valence-corrected chi connectivity index (χ2v) is 9.61. The van der Waals surface area contributed by atoms with Crippen molar-refractivity contribution in [1.29, 1.82) is 0 Å². The minimum absolute atomic E-state index is 0.341. The molecule has 1 aliphatic carbocycles. The van der Waals surface area contributed by atoms with Crippen LogP contribution in [-0.2, 0) is 6.42 Å². The summed E-state index contributed by atoms with van der Waals surface area (Å²) in [6.45, 7) is 3.77. The number of benzene rings is 3. The van der Waals surface area contributed by atoms with Crippen LogP contribution in [0.15, 0.2) is 67.1 Å². The molecule has 4 aromatic rings. The van der Waals surface area contributed by atoms with Gasteiger partial charge in [0, 0.05) is 24.5 Å². The van der Waals surface area contributed by atoms with Crippen LogP contribution in [0.25, 0.3) is 21.5 Å². The predicted octanol–water partition coefficient (Wildman–Crippen LogP) is 6.35. The standard InChI is InChI=1S/C29H31N3/c1-4-17-32(18-5-1)19-14-22-9-11-26-25-10-8-21-6-2-3-7-23(21)24(25)12-13-27(26)29(22)28-20-30-15-16-31-28/h2-3,6-8,10,12-13,15-16,20,22,29H,1,4-5,9,11,14,17-19H2. The maximum atomic E-state index is 4.80. The predicted molar refractivity (Wildman–Crippen MR) is 132 cm³/mol. The van der Waals surface area contributed by atoms with Crippen LogP contribution in [0.2, 0.25) is 0 Å². The van der Waals surface area contributed by atoms with Gasteiger partial charge < -0.3 is 4.90 Å². The Bertz CT molecular complexity index is 1230. The molecule has 32 heavy (non-hydrogen) atoms. The first-order valence-corrected chi connectivity index (χ1v) is 12.3. The largest absolute Gasteiger partial charge is 0.303 e. The average molecular weight is 422 g/mol. The van der Waals surface area contributed by atoms with Crippen molar-refractivity contribution in [3.05, 3.63) is 83.9 Å². The van der Waals surface area contributed by atoms with E-state index in [2.05, 4.69) is 58.4 Å². The minimum Gasteiger partial charge on any atom is -0.303 e. The lowest BCUT2D eigenvalue weighted by Crippen LogP contribution is -2.33. The summed E-state index contributed by atoms with van der Waals surface area (Å²) < 4.78 is 0. The van der Waals surface area contributed by atoms with Crippen LogP contribution in [0.5, 0.6) is 0 Å². The van der Waals surface area contributed by atoms with Gasteiger partial charge in [0.25, 0.3) is 0 Å². The molecule has 2 heterocycles. The van der Waals surface area contributed by atoms with Crippen molar-refractivity contribution in [2.75, 3.05) is 19.6 Å². The number of hydrogen-bond acceptors (Lipinski definition) is 3. The minimum atomic E-state index is 0.341. The van der Waals surface area contributed by atoms with E-state index in [1.54, 1.807) is 6.20 Å². The maximum absolute atomic E-state index is 4.80. The Balaban J connectivity index is 1.41. The molecule has 3 nitrogen and oxygen atoms in total. The molecule has 6 rings (SSSR count). The van der Waals surface area contributed by atoms with Gasteiger partial charge in [-0.25, -0.2) is 0 Å². The van der Waals surface area contributed by atoms with Crippen molar-refractivity contribution < 1.29 is 0 Å². The van der Waals surface area contributed by atoms with E-state index in [1.807, 2.05) is 12.4 Å². The van der Waals surface area contributed by atoms with Gasteiger partial charge in [0.2, 0.25) is 0 Å². The van der Waals surface area contributed by atoms with Crippen LogP contribution >= 0.6 is 0 Å². The third kappa shape index (κ3) is 3.59. The van der Waals surface area contributed by atoms with Crippen LogP contribution in [-0.4, -0.2) is 34.5 Å². The third-order valence-electron chi connectivity index (χ3n) is 7.81. The molecule has 0 N–H and O–H groups in total. The van der Waals surface area contributed by atoms with Gasteiger partial charge in [0.05, 0.1) is 5.69 Å². The molecule has 2 atom stereocenters. The average Bonchev–Trinajstić information content (AvgIpc) is 2.87. The quantitative estimate of drug-likeness (QED) is 0.359. The monoisotopic (exact) mass is 421 g/mol. The number of piperidine rings is 1. The second-order valence-electron chi connectivity index (χ2n) is 9.61. The molecule has 0 radical (unpaired) electrons. The molecule has 1 aliphatic heterocycles. The Kier molecular flexibility index (Phi) is 5.36. The van der Waals surface area contributed by atoms with Gasteiger partial charge in [-0.15, -0.1) is 0 Å². The molecule has 2 aliphatic rings. The fourth-order valence-corrected chi connectivity index (χ4v) is 6.20. The highest BCUT2D eigenvalue weighted by molar-refractivity contribution is 6.08. The van der Waals surface area contributed by atoms with E-state index in [1.165, 1.54) is 84.4 Å². The molecule has 1 fully saturated rings. The number of hydrogen-bond donors (Lipinski definition) is 0. The van der Waals surface area contributed by atoms with Crippen molar-refractivity contribution in [2.24, 2.45) is 5.92 Å². The van der Waals surface area contributed by atoms with Gasteiger partial charge in [-0.1, -0.05) is 55.0 Å². The van der Waals surface area contributed by atoms with E-state index in [0.29, 0.717) is 11.8 Å². The molecule has 3 aromatic carbocycles. The molecule has 2 unspecified atom stereocenters. The number of aryl methyl sites for hydroxylation is 1. The summed E-state index contributed by atoms with van der Waals surface area (Å²) >= 11 is 0. The Morgan fingerprint density at radius 2 is 1.72 bits per heavy atom. The van der Waals surface area contributed by atoms with Crippen molar-refractivity contribution in [3.8, 4) is 0 Å². The molecule has 1 aromatic heterocycles. The number of likely N-dealkylation sites (tertiary alicyclic amines) is 1. The van der Waals surface area contributed by atoms with Gasteiger partial charge in [0.1, 0.15) is 0 Å². The topological polar surface area (TPSA) is 29.0 Å². The Morgan fingerprint density at radius 1 is 0.844 bits per heavy atom. The summed E-state index contributed by atoms with van der Waals surface area (Å²) in [7, 11) is 0. The van der Waals surface area contributed by atoms with Crippen LogP contribution in [0.3, 0.4) is 0 Å². The lowest BCUT2D eigenvalue weighted by Gasteiger charge is -2.36. The maximum Gasteiger partial charge on any atom is 0.0664 e. The first kappa shape index (κ1) is 19.9. The molecule has 0 bridgehead atoms. The first-order valence-electron chi connectivity index (χ1n) is 12.3. The number of fused-ring (bicyclic) bond motifs is 5. The van der Waals surface area contributed by atoms with Crippen molar-refractivity contribution >= 4 is 21.5 Å². The highest BCUT2D eigenvalue weighted by atomic mass is 15.1. The Labute approximate surface area is 190 Å². The molecule has 162 valence electrons. The summed E-state index contributed by atoms with van der Waals surface area (Å²) in [5, 5.41) is 5.48. The fourth-order valence-electron chi connectivity index (χ4n) is 6.20. The summed E-state index contributed by atoms with van der Waals surface area (Å²) in [5.74, 6) is 0.965. The van der Waals surface area contributed by atoms with E-state index in [9.17, 15) is 0 Å². The van der Waals surface area contributed by atoms with Gasteiger partial charge in [-0.05, 0) is 90.3 Å². The summed E-state index contributed by atoms with van der Waals surface area (Å²) in [5.41, 5.74) is 4.14. The molecule has 3 heteroatoms. The number of nitrogens with zero attached hydrogens (tertiary/aromatic N) is 3. The van der Waals surface area contributed by atoms with E-state index >= 15 is 0 Å². The second kappa shape index (κ2) is 8.63. The zero-order chi connectivity index (χ0) is 21.3. The highest BCUT2D eigenvalue weighted by Gasteiger charge is 2.33.